The molecule has 2 fully saturated rings. The van der Waals surface area contributed by atoms with Crippen LogP contribution >= 0.6 is 0 Å². The van der Waals surface area contributed by atoms with Crippen LogP contribution in [0.25, 0.3) is 0 Å². The van der Waals surface area contributed by atoms with E-state index in [-0.39, 0.29) is 29.6 Å². The molecule has 2 nitrogen and oxygen atoms in total. The quantitative estimate of drug-likeness (QED) is 0.834. The van der Waals surface area contributed by atoms with E-state index in [1.807, 2.05) is 35.2 Å². The fourth-order valence-corrected chi connectivity index (χ4v) is 4.16. The van der Waals surface area contributed by atoms with E-state index >= 15 is 0 Å². The molecule has 1 aliphatic carbocycles. The predicted octanol–water partition coefficient (Wildman–Crippen LogP) is 4.15. The average molecular weight is 309 g/mol. The van der Waals surface area contributed by atoms with Crippen molar-refractivity contribution in [1.82, 2.24) is 4.90 Å². The third-order valence-corrected chi connectivity index (χ3v) is 5.55. The highest BCUT2D eigenvalue weighted by Gasteiger charge is 2.54. The first kappa shape index (κ1) is 14.4. The van der Waals surface area contributed by atoms with Crippen molar-refractivity contribution in [1.29, 1.82) is 0 Å². The van der Waals surface area contributed by atoms with E-state index < -0.39 is 0 Å². The molecular formula is C20H20FNO. The van der Waals surface area contributed by atoms with E-state index in [2.05, 4.69) is 19.1 Å². The number of amides is 1. The molecule has 4 unspecified atom stereocenters. The molecule has 3 heteroatoms. The Balaban J connectivity index is 1.53. The Kier molecular flexibility index (Phi) is 3.44. The number of benzene rings is 2. The van der Waals surface area contributed by atoms with Gasteiger partial charge in [0.2, 0.25) is 5.91 Å². The van der Waals surface area contributed by atoms with Crippen LogP contribution in [0.1, 0.15) is 36.4 Å². The number of likely N-dealkylation sites (tertiary alicyclic amines) is 1. The molecule has 0 N–H and O–H groups in total. The monoisotopic (exact) mass is 309 g/mol. The largest absolute Gasteiger partial charge is 0.335 e. The van der Waals surface area contributed by atoms with Crippen LogP contribution in [-0.4, -0.2) is 17.4 Å². The number of nitrogens with zero attached hydrogens (tertiary/aromatic N) is 1. The number of rotatable bonds is 3. The van der Waals surface area contributed by atoms with Gasteiger partial charge in [-0.1, -0.05) is 42.5 Å². The molecule has 23 heavy (non-hydrogen) atoms. The zero-order valence-electron chi connectivity index (χ0n) is 13.2. The van der Waals surface area contributed by atoms with Gasteiger partial charge >= 0.3 is 0 Å². The summed E-state index contributed by atoms with van der Waals surface area (Å²) in [5, 5.41) is 0. The number of hydrogen-bond donors (Lipinski definition) is 0. The molecule has 1 heterocycles. The summed E-state index contributed by atoms with van der Waals surface area (Å²) < 4.78 is 13.1. The molecule has 2 aromatic rings. The number of fused-ring (bicyclic) bond motifs is 1. The maximum Gasteiger partial charge on any atom is 0.227 e. The van der Waals surface area contributed by atoms with Gasteiger partial charge in [0, 0.05) is 12.5 Å². The Morgan fingerprint density at radius 1 is 1.09 bits per heavy atom. The highest BCUT2D eigenvalue weighted by Crippen LogP contribution is 2.53. The fourth-order valence-electron chi connectivity index (χ4n) is 4.16. The van der Waals surface area contributed by atoms with E-state index in [1.165, 1.54) is 17.7 Å². The van der Waals surface area contributed by atoms with Crippen LogP contribution in [-0.2, 0) is 4.79 Å². The molecule has 2 aromatic carbocycles. The summed E-state index contributed by atoms with van der Waals surface area (Å²) in [6.45, 7) is 2.95. The third-order valence-electron chi connectivity index (χ3n) is 5.55. The SMILES string of the molecule is CC(c1ccccc1)N1CC2CC(c3ccc(F)cc3)C2C1=O. The van der Waals surface area contributed by atoms with Gasteiger partial charge in [-0.15, -0.1) is 0 Å². The molecule has 0 radical (unpaired) electrons. The Labute approximate surface area is 135 Å². The molecule has 0 aromatic heterocycles. The lowest BCUT2D eigenvalue weighted by atomic mass is 9.64. The van der Waals surface area contributed by atoms with Gasteiger partial charge in [0.05, 0.1) is 6.04 Å². The van der Waals surface area contributed by atoms with Crippen LogP contribution in [0.2, 0.25) is 0 Å². The Bertz CT molecular complexity index is 712. The second-order valence-electron chi connectivity index (χ2n) is 6.76. The van der Waals surface area contributed by atoms with E-state index in [0.29, 0.717) is 5.92 Å². The van der Waals surface area contributed by atoms with Gasteiger partial charge in [-0.2, -0.15) is 0 Å². The molecular weight excluding hydrogens is 289 g/mol. The maximum absolute atomic E-state index is 13.1. The third kappa shape index (κ3) is 2.35. The van der Waals surface area contributed by atoms with Crippen LogP contribution in [0.3, 0.4) is 0 Å². The summed E-state index contributed by atoms with van der Waals surface area (Å²) in [4.78, 5) is 14.9. The first-order valence-electron chi connectivity index (χ1n) is 8.26. The summed E-state index contributed by atoms with van der Waals surface area (Å²) in [5.74, 6) is 0.810. The van der Waals surface area contributed by atoms with Crippen LogP contribution < -0.4 is 0 Å². The van der Waals surface area contributed by atoms with Gasteiger partial charge in [0.1, 0.15) is 5.82 Å². The summed E-state index contributed by atoms with van der Waals surface area (Å²) >= 11 is 0. The molecule has 4 rings (SSSR count). The van der Waals surface area contributed by atoms with E-state index in [9.17, 15) is 9.18 Å². The van der Waals surface area contributed by atoms with Crippen molar-refractivity contribution in [3.8, 4) is 0 Å². The molecule has 1 aliphatic heterocycles. The Hall–Kier alpha value is -2.16. The van der Waals surface area contributed by atoms with Crippen molar-refractivity contribution in [3.63, 3.8) is 0 Å². The minimum absolute atomic E-state index is 0.0756. The topological polar surface area (TPSA) is 20.3 Å². The van der Waals surface area contributed by atoms with Gasteiger partial charge < -0.3 is 4.90 Å². The van der Waals surface area contributed by atoms with E-state index in [0.717, 1.165) is 18.5 Å². The summed E-state index contributed by atoms with van der Waals surface area (Å²) in [6, 6.07) is 16.9. The minimum Gasteiger partial charge on any atom is -0.335 e. The molecule has 1 saturated heterocycles. The highest BCUT2D eigenvalue weighted by molar-refractivity contribution is 5.84. The first-order valence-corrected chi connectivity index (χ1v) is 8.26. The van der Waals surface area contributed by atoms with Gasteiger partial charge in [0.25, 0.3) is 0 Å². The second-order valence-corrected chi connectivity index (χ2v) is 6.76. The van der Waals surface area contributed by atoms with Gasteiger partial charge in [-0.05, 0) is 48.4 Å². The standard InChI is InChI=1S/C20H20FNO/c1-13(14-5-3-2-4-6-14)22-12-16-11-18(19(16)20(22)23)15-7-9-17(21)10-8-15/h2-10,13,16,18-19H,11-12H2,1H3. The lowest BCUT2D eigenvalue weighted by molar-refractivity contribution is -0.135. The maximum atomic E-state index is 13.1. The van der Waals surface area contributed by atoms with Crippen LogP contribution in [0, 0.1) is 17.7 Å². The molecule has 0 spiro atoms. The van der Waals surface area contributed by atoms with Crippen molar-refractivity contribution in [2.24, 2.45) is 11.8 Å². The molecule has 118 valence electrons. The number of hydrogen-bond acceptors (Lipinski definition) is 1. The van der Waals surface area contributed by atoms with Crippen molar-refractivity contribution in [3.05, 3.63) is 71.5 Å². The smallest absolute Gasteiger partial charge is 0.227 e. The molecule has 4 atom stereocenters. The van der Waals surface area contributed by atoms with Gasteiger partial charge in [-0.3, -0.25) is 4.79 Å². The van der Waals surface area contributed by atoms with Crippen molar-refractivity contribution >= 4 is 5.91 Å². The van der Waals surface area contributed by atoms with E-state index in [4.69, 9.17) is 0 Å². The zero-order chi connectivity index (χ0) is 16.0. The molecule has 0 bridgehead atoms. The first-order chi connectivity index (χ1) is 11.1. The van der Waals surface area contributed by atoms with Crippen molar-refractivity contribution in [2.45, 2.75) is 25.3 Å². The molecule has 2 aliphatic rings. The number of carbonyl (C=O) groups is 1. The van der Waals surface area contributed by atoms with Gasteiger partial charge in [0.15, 0.2) is 0 Å². The van der Waals surface area contributed by atoms with E-state index in [1.54, 1.807) is 0 Å². The van der Waals surface area contributed by atoms with Crippen LogP contribution in [0.5, 0.6) is 0 Å². The summed E-state index contributed by atoms with van der Waals surface area (Å²) in [6.07, 6.45) is 1.03. The van der Waals surface area contributed by atoms with Crippen LogP contribution in [0.15, 0.2) is 54.6 Å². The lowest BCUT2D eigenvalue weighted by Crippen LogP contribution is -2.36. The highest BCUT2D eigenvalue weighted by atomic mass is 19.1. The minimum atomic E-state index is -0.221. The second kappa shape index (κ2) is 5.48. The van der Waals surface area contributed by atoms with Gasteiger partial charge in [-0.25, -0.2) is 4.39 Å². The van der Waals surface area contributed by atoms with Crippen molar-refractivity contribution in [2.75, 3.05) is 6.54 Å². The lowest BCUT2D eigenvalue weighted by Gasteiger charge is -2.38. The fraction of sp³-hybridized carbons (Fsp3) is 0.350. The molecule has 1 amide bonds. The molecule has 1 saturated carbocycles. The predicted molar refractivity (Wildman–Crippen MR) is 87.3 cm³/mol. The number of halogens is 1. The summed E-state index contributed by atoms with van der Waals surface area (Å²) in [7, 11) is 0. The summed E-state index contributed by atoms with van der Waals surface area (Å²) in [5.41, 5.74) is 2.27. The number of carbonyl (C=O) groups excluding carboxylic acids is 1. The van der Waals surface area contributed by atoms with Crippen LogP contribution in [0.4, 0.5) is 4.39 Å². The Morgan fingerprint density at radius 3 is 2.48 bits per heavy atom. The average Bonchev–Trinajstić information content (AvgIpc) is 2.80. The Morgan fingerprint density at radius 2 is 1.78 bits per heavy atom. The zero-order valence-corrected chi connectivity index (χ0v) is 13.2. The normalized spacial score (nSPS) is 27.5. The van der Waals surface area contributed by atoms with Crippen molar-refractivity contribution < 1.29 is 9.18 Å².